The SMILES string of the molecule is Cc1cccc(OCCCC(=O)N2CCCc3c(-c4cnn(CCc5cccc(NC(=O)NOS(C)(=O)=O)c5)c4)cccc32)c1C. The van der Waals surface area contributed by atoms with E-state index in [1.807, 2.05) is 64.7 Å². The highest BCUT2D eigenvalue weighted by Crippen LogP contribution is 2.36. The van der Waals surface area contributed by atoms with Gasteiger partial charge >= 0.3 is 6.03 Å². The minimum absolute atomic E-state index is 0.107. The third-order valence-electron chi connectivity index (χ3n) is 7.94. The van der Waals surface area contributed by atoms with Crippen LogP contribution in [0, 0.1) is 13.8 Å². The number of anilines is 2. The number of nitrogens with one attached hydrogen (secondary N) is 2. The number of fused-ring (bicyclic) bond motifs is 1. The second kappa shape index (κ2) is 14.6. The first kappa shape index (κ1) is 32.7. The van der Waals surface area contributed by atoms with Crippen molar-refractivity contribution in [2.24, 2.45) is 0 Å². The molecule has 1 aliphatic heterocycles. The number of carbonyl (C=O) groups is 2. The Morgan fingerprint density at radius 3 is 2.67 bits per heavy atom. The largest absolute Gasteiger partial charge is 0.493 e. The molecule has 3 aromatic carbocycles. The summed E-state index contributed by atoms with van der Waals surface area (Å²) in [4.78, 5) is 27.2. The van der Waals surface area contributed by atoms with Crippen LogP contribution in [-0.2, 0) is 38.6 Å². The summed E-state index contributed by atoms with van der Waals surface area (Å²) >= 11 is 0. The minimum atomic E-state index is -3.81. The summed E-state index contributed by atoms with van der Waals surface area (Å²) in [6.07, 6.45) is 8.20. The van der Waals surface area contributed by atoms with Crippen LogP contribution in [0.5, 0.6) is 5.75 Å². The number of rotatable bonds is 12. The van der Waals surface area contributed by atoms with Crippen LogP contribution in [0.4, 0.5) is 16.2 Å². The van der Waals surface area contributed by atoms with Gasteiger partial charge in [-0.3, -0.25) is 9.48 Å². The fourth-order valence-corrected chi connectivity index (χ4v) is 5.75. The van der Waals surface area contributed by atoms with E-state index in [-0.39, 0.29) is 5.91 Å². The number of urea groups is 1. The zero-order chi connectivity index (χ0) is 32.7. The number of amides is 3. The Morgan fingerprint density at radius 2 is 1.85 bits per heavy atom. The standard InChI is InChI=1S/C34H39N5O6S/c1-24-9-4-15-32(25(24)2)44-20-8-16-33(40)39-18-7-13-30-29(12-6-14-31(30)39)27-22-35-38(23-27)19-17-26-10-5-11-28(21-26)36-34(41)37-45-46(3,42)43/h4-6,9-12,14-15,21-23H,7-8,13,16-20H2,1-3H3,(H2,36,37,41). The number of aromatic nitrogens is 2. The molecule has 0 radical (unpaired) electrons. The van der Waals surface area contributed by atoms with E-state index in [1.54, 1.807) is 18.2 Å². The molecule has 46 heavy (non-hydrogen) atoms. The summed E-state index contributed by atoms with van der Waals surface area (Å²) < 4.78 is 34.3. The van der Waals surface area contributed by atoms with Crippen molar-refractivity contribution in [1.82, 2.24) is 15.3 Å². The van der Waals surface area contributed by atoms with Gasteiger partial charge in [0.1, 0.15) is 5.75 Å². The molecule has 2 heterocycles. The number of aryl methyl sites for hydroxylation is 3. The van der Waals surface area contributed by atoms with Gasteiger partial charge in [-0.25, -0.2) is 4.79 Å². The van der Waals surface area contributed by atoms with E-state index in [0.717, 1.165) is 58.4 Å². The first-order chi connectivity index (χ1) is 22.1. The zero-order valence-corrected chi connectivity index (χ0v) is 27.1. The fraction of sp³-hybridized carbons (Fsp3) is 0.324. The van der Waals surface area contributed by atoms with Crippen LogP contribution >= 0.6 is 0 Å². The Kier molecular flexibility index (Phi) is 10.4. The highest BCUT2D eigenvalue weighted by Gasteiger charge is 2.25. The Bertz CT molecular complexity index is 1820. The first-order valence-corrected chi connectivity index (χ1v) is 17.1. The van der Waals surface area contributed by atoms with E-state index in [2.05, 4.69) is 33.8 Å². The smallest absolute Gasteiger partial charge is 0.344 e. The van der Waals surface area contributed by atoms with Crippen LogP contribution in [0.2, 0.25) is 0 Å². The molecule has 0 bridgehead atoms. The normalized spacial score (nSPS) is 12.8. The number of nitrogens with zero attached hydrogens (tertiary/aromatic N) is 3. The van der Waals surface area contributed by atoms with Crippen molar-refractivity contribution in [3.8, 4) is 16.9 Å². The second-order valence-corrected chi connectivity index (χ2v) is 13.0. The van der Waals surface area contributed by atoms with E-state index in [4.69, 9.17) is 4.74 Å². The van der Waals surface area contributed by atoms with Crippen molar-refractivity contribution in [3.63, 3.8) is 0 Å². The molecule has 0 fully saturated rings. The molecule has 4 aromatic rings. The van der Waals surface area contributed by atoms with Crippen LogP contribution in [-0.4, -0.2) is 49.5 Å². The molecule has 11 nitrogen and oxygen atoms in total. The summed E-state index contributed by atoms with van der Waals surface area (Å²) in [5.74, 6) is 0.977. The third kappa shape index (κ3) is 8.52. The molecule has 0 spiro atoms. The topological polar surface area (TPSA) is 132 Å². The average molecular weight is 646 g/mol. The van der Waals surface area contributed by atoms with Crippen LogP contribution in [0.25, 0.3) is 11.1 Å². The molecule has 0 aliphatic carbocycles. The van der Waals surface area contributed by atoms with Crippen molar-refractivity contribution >= 4 is 33.4 Å². The van der Waals surface area contributed by atoms with E-state index in [0.29, 0.717) is 44.6 Å². The first-order valence-electron chi connectivity index (χ1n) is 15.3. The number of ether oxygens (including phenoxy) is 1. The summed E-state index contributed by atoms with van der Waals surface area (Å²) in [6.45, 7) is 5.91. The van der Waals surface area contributed by atoms with E-state index >= 15 is 0 Å². The molecular weight excluding hydrogens is 606 g/mol. The molecular formula is C34H39N5O6S. The second-order valence-electron chi connectivity index (χ2n) is 11.4. The molecule has 0 saturated carbocycles. The van der Waals surface area contributed by atoms with E-state index in [9.17, 15) is 18.0 Å². The van der Waals surface area contributed by atoms with Crippen molar-refractivity contribution in [3.05, 3.63) is 95.3 Å². The molecule has 5 rings (SSSR count). The minimum Gasteiger partial charge on any atom is -0.493 e. The van der Waals surface area contributed by atoms with Crippen molar-refractivity contribution in [2.75, 3.05) is 29.6 Å². The van der Waals surface area contributed by atoms with Gasteiger partial charge in [-0.05, 0) is 91.6 Å². The maximum atomic E-state index is 13.3. The molecule has 1 aromatic heterocycles. The summed E-state index contributed by atoms with van der Waals surface area (Å²) in [6, 6.07) is 18.6. The molecule has 0 saturated heterocycles. The molecule has 242 valence electrons. The third-order valence-corrected chi connectivity index (χ3v) is 8.33. The molecule has 2 N–H and O–H groups in total. The fourth-order valence-electron chi connectivity index (χ4n) is 5.52. The lowest BCUT2D eigenvalue weighted by Gasteiger charge is -2.31. The van der Waals surface area contributed by atoms with Crippen LogP contribution < -0.4 is 20.4 Å². The lowest BCUT2D eigenvalue weighted by Crippen LogP contribution is -2.35. The Labute approximate surface area is 269 Å². The maximum absolute atomic E-state index is 13.3. The quantitative estimate of drug-likeness (QED) is 0.152. The van der Waals surface area contributed by atoms with E-state index in [1.165, 1.54) is 5.56 Å². The molecule has 0 unspecified atom stereocenters. The number of carbonyl (C=O) groups excluding carboxylic acids is 2. The monoisotopic (exact) mass is 645 g/mol. The summed E-state index contributed by atoms with van der Waals surface area (Å²) in [5.41, 5.74) is 9.81. The predicted molar refractivity (Wildman–Crippen MR) is 177 cm³/mol. The van der Waals surface area contributed by atoms with Crippen molar-refractivity contribution in [1.29, 1.82) is 0 Å². The molecule has 3 amide bonds. The molecule has 12 heteroatoms. The van der Waals surface area contributed by atoms with Gasteiger partial charge in [0.05, 0.1) is 19.1 Å². The summed E-state index contributed by atoms with van der Waals surface area (Å²) in [5, 5.41) is 7.13. The molecule has 1 aliphatic rings. The van der Waals surface area contributed by atoms with Crippen molar-refractivity contribution in [2.45, 2.75) is 52.5 Å². The number of hydrogen-bond donors (Lipinski definition) is 2. The predicted octanol–water partition coefficient (Wildman–Crippen LogP) is 5.56. The zero-order valence-electron chi connectivity index (χ0n) is 26.3. The number of benzene rings is 3. The van der Waals surface area contributed by atoms with Gasteiger partial charge in [-0.2, -0.15) is 19.0 Å². The van der Waals surface area contributed by atoms with Crippen LogP contribution in [0.3, 0.4) is 0 Å². The van der Waals surface area contributed by atoms with Gasteiger partial charge in [0.25, 0.3) is 10.1 Å². The lowest BCUT2D eigenvalue weighted by molar-refractivity contribution is -0.118. The average Bonchev–Trinajstić information content (AvgIpc) is 3.51. The maximum Gasteiger partial charge on any atom is 0.344 e. The van der Waals surface area contributed by atoms with Crippen molar-refractivity contribution < 1.29 is 27.0 Å². The van der Waals surface area contributed by atoms with Gasteiger partial charge in [-0.1, -0.05) is 36.4 Å². The van der Waals surface area contributed by atoms with Crippen LogP contribution in [0.1, 0.15) is 41.5 Å². The molecule has 0 atom stereocenters. The number of hydrogen-bond acceptors (Lipinski definition) is 7. The van der Waals surface area contributed by atoms with Gasteiger partial charge in [0.2, 0.25) is 5.91 Å². The Balaban J connectivity index is 1.18. The van der Waals surface area contributed by atoms with Gasteiger partial charge in [-0.15, -0.1) is 4.28 Å². The van der Waals surface area contributed by atoms with Gasteiger partial charge < -0.3 is 15.0 Å². The number of hydroxylamine groups is 1. The Hall–Kier alpha value is -4.68. The highest BCUT2D eigenvalue weighted by molar-refractivity contribution is 7.85. The van der Waals surface area contributed by atoms with E-state index < -0.39 is 16.1 Å². The van der Waals surface area contributed by atoms with Gasteiger partial charge in [0.15, 0.2) is 0 Å². The lowest BCUT2D eigenvalue weighted by atomic mass is 9.93. The Morgan fingerprint density at radius 1 is 1.04 bits per heavy atom. The summed E-state index contributed by atoms with van der Waals surface area (Å²) in [7, 11) is -3.81. The van der Waals surface area contributed by atoms with Gasteiger partial charge in [0, 0.05) is 42.6 Å². The highest BCUT2D eigenvalue weighted by atomic mass is 32.2. The van der Waals surface area contributed by atoms with Crippen LogP contribution in [0.15, 0.2) is 73.1 Å².